The van der Waals surface area contributed by atoms with Crippen molar-refractivity contribution in [2.75, 3.05) is 0 Å². The van der Waals surface area contributed by atoms with Crippen LogP contribution in [-0.4, -0.2) is 11.1 Å². The average Bonchev–Trinajstić information content (AvgIpc) is 2.02. The first-order valence-corrected chi connectivity index (χ1v) is 3.09. The molecule has 0 aliphatic carbocycles. The first kappa shape index (κ1) is 9.89. The van der Waals surface area contributed by atoms with Gasteiger partial charge in [0.05, 0.1) is 0 Å². The van der Waals surface area contributed by atoms with Crippen LogP contribution in [0.3, 0.4) is 0 Å². The van der Waals surface area contributed by atoms with E-state index in [1.54, 1.807) is 6.92 Å². The molecule has 1 N–H and O–H groups in total. The molecule has 0 fully saturated rings. The molecule has 12 heavy (non-hydrogen) atoms. The highest BCUT2D eigenvalue weighted by molar-refractivity contribution is 5.80. The fourth-order valence-corrected chi connectivity index (χ4v) is 0.316. The van der Waals surface area contributed by atoms with Crippen LogP contribution in [0.2, 0.25) is 0 Å². The number of hydrogen-bond donors (Lipinski definition) is 1. The number of aliphatic carboxylic acids is 1. The third-order valence-corrected chi connectivity index (χ3v) is 0.694. The SMILES string of the molecule is CC#CC#CC#C/C=C/C(=O)O. The molecule has 0 amide bonds. The molecule has 0 radical (unpaired) electrons. The Labute approximate surface area is 71.3 Å². The van der Waals surface area contributed by atoms with Crippen molar-refractivity contribution in [3.8, 4) is 35.5 Å². The van der Waals surface area contributed by atoms with Crippen LogP contribution in [-0.2, 0) is 4.79 Å². The van der Waals surface area contributed by atoms with Gasteiger partial charge in [-0.2, -0.15) is 0 Å². The molecule has 0 saturated carbocycles. The lowest BCUT2D eigenvalue weighted by Crippen LogP contribution is -1.84. The summed E-state index contributed by atoms with van der Waals surface area (Å²) in [7, 11) is 0. The Morgan fingerprint density at radius 2 is 1.92 bits per heavy atom. The number of hydrogen-bond acceptors (Lipinski definition) is 1. The Balaban J connectivity index is 3.99. The molecule has 0 aromatic carbocycles. The van der Waals surface area contributed by atoms with E-state index in [9.17, 15) is 4.79 Å². The van der Waals surface area contributed by atoms with E-state index in [0.717, 1.165) is 6.08 Å². The van der Waals surface area contributed by atoms with Gasteiger partial charge in [0.25, 0.3) is 0 Å². The Morgan fingerprint density at radius 1 is 1.25 bits per heavy atom. The molecule has 0 unspecified atom stereocenters. The topological polar surface area (TPSA) is 37.3 Å². The zero-order chi connectivity index (χ0) is 9.23. The summed E-state index contributed by atoms with van der Waals surface area (Å²) in [5.74, 6) is 13.8. The van der Waals surface area contributed by atoms with Gasteiger partial charge in [0, 0.05) is 6.08 Å². The lowest BCUT2D eigenvalue weighted by atomic mass is 10.4. The van der Waals surface area contributed by atoms with Crippen molar-refractivity contribution in [2.45, 2.75) is 6.92 Å². The van der Waals surface area contributed by atoms with E-state index in [0.29, 0.717) is 0 Å². The largest absolute Gasteiger partial charge is 0.478 e. The minimum Gasteiger partial charge on any atom is -0.478 e. The molecule has 2 heteroatoms. The maximum atomic E-state index is 9.92. The fourth-order valence-electron chi connectivity index (χ4n) is 0.316. The Hall–Kier alpha value is -2.11. The summed E-state index contributed by atoms with van der Waals surface area (Å²) >= 11 is 0. The molecule has 0 aliphatic heterocycles. The smallest absolute Gasteiger partial charge is 0.328 e. The van der Waals surface area contributed by atoms with Crippen LogP contribution in [0.5, 0.6) is 0 Å². The van der Waals surface area contributed by atoms with Crippen molar-refractivity contribution in [3.63, 3.8) is 0 Å². The van der Waals surface area contributed by atoms with Gasteiger partial charge in [-0.15, -0.1) is 0 Å². The predicted octanol–water partition coefficient (Wildman–Crippen LogP) is 0.657. The van der Waals surface area contributed by atoms with Gasteiger partial charge < -0.3 is 5.11 Å². The monoisotopic (exact) mass is 158 g/mol. The highest BCUT2D eigenvalue weighted by Crippen LogP contribution is 1.68. The van der Waals surface area contributed by atoms with Gasteiger partial charge in [-0.1, -0.05) is 11.8 Å². The highest BCUT2D eigenvalue weighted by Gasteiger charge is 1.78. The second-order valence-corrected chi connectivity index (χ2v) is 1.57. The van der Waals surface area contributed by atoms with Crippen molar-refractivity contribution < 1.29 is 9.90 Å². The predicted molar refractivity (Wildman–Crippen MR) is 45.8 cm³/mol. The molecule has 0 heterocycles. The zero-order valence-electron chi connectivity index (χ0n) is 6.51. The number of carboxylic acids is 1. The Kier molecular flexibility index (Phi) is 5.77. The Morgan fingerprint density at radius 3 is 2.50 bits per heavy atom. The quantitative estimate of drug-likeness (QED) is 0.449. The van der Waals surface area contributed by atoms with Crippen molar-refractivity contribution >= 4 is 5.97 Å². The third-order valence-electron chi connectivity index (χ3n) is 0.694. The molecule has 0 spiro atoms. The van der Waals surface area contributed by atoms with Gasteiger partial charge in [0.2, 0.25) is 0 Å². The maximum Gasteiger partial charge on any atom is 0.328 e. The van der Waals surface area contributed by atoms with Crippen LogP contribution in [0.15, 0.2) is 12.2 Å². The van der Waals surface area contributed by atoms with Crippen LogP contribution < -0.4 is 0 Å². The standard InChI is InChI=1S/C10H6O2/c1-2-3-4-5-6-7-8-9-10(11)12/h8-9H,1H3,(H,11,12)/b9-8+. The van der Waals surface area contributed by atoms with E-state index in [2.05, 4.69) is 35.5 Å². The lowest BCUT2D eigenvalue weighted by molar-refractivity contribution is -0.131. The molecule has 0 bridgehead atoms. The lowest BCUT2D eigenvalue weighted by Gasteiger charge is -1.69. The molecule has 0 aliphatic rings. The molecule has 0 aromatic rings. The van der Waals surface area contributed by atoms with Crippen molar-refractivity contribution in [3.05, 3.63) is 12.2 Å². The minimum absolute atomic E-state index is 0.945. The van der Waals surface area contributed by atoms with Gasteiger partial charge in [-0.05, 0) is 36.7 Å². The van der Waals surface area contributed by atoms with E-state index >= 15 is 0 Å². The van der Waals surface area contributed by atoms with Gasteiger partial charge in [-0.25, -0.2) is 4.79 Å². The summed E-state index contributed by atoms with van der Waals surface area (Å²) in [5.41, 5.74) is 0. The summed E-state index contributed by atoms with van der Waals surface area (Å²) < 4.78 is 0. The van der Waals surface area contributed by atoms with Crippen molar-refractivity contribution in [1.29, 1.82) is 0 Å². The number of allylic oxidation sites excluding steroid dienone is 1. The minimum atomic E-state index is -1.02. The Bertz CT molecular complexity index is 356. The highest BCUT2D eigenvalue weighted by atomic mass is 16.4. The number of carboxylic acid groups (broad SMARTS) is 1. The van der Waals surface area contributed by atoms with Gasteiger partial charge >= 0.3 is 5.97 Å². The molecule has 0 saturated heterocycles. The average molecular weight is 158 g/mol. The molecule has 0 rings (SSSR count). The fraction of sp³-hybridized carbons (Fsp3) is 0.100. The van der Waals surface area contributed by atoms with E-state index in [1.165, 1.54) is 6.08 Å². The summed E-state index contributed by atoms with van der Waals surface area (Å²) in [6.45, 7) is 1.67. The molecular formula is C10H6O2. The molecular weight excluding hydrogens is 152 g/mol. The van der Waals surface area contributed by atoms with Crippen LogP contribution in [0, 0.1) is 35.5 Å². The summed E-state index contributed by atoms with van der Waals surface area (Å²) in [6.07, 6.45) is 2.16. The van der Waals surface area contributed by atoms with E-state index in [4.69, 9.17) is 5.11 Å². The molecule has 0 atom stereocenters. The molecule has 2 nitrogen and oxygen atoms in total. The van der Waals surface area contributed by atoms with Crippen LogP contribution in [0.4, 0.5) is 0 Å². The van der Waals surface area contributed by atoms with Gasteiger partial charge in [-0.3, -0.25) is 0 Å². The van der Waals surface area contributed by atoms with Crippen LogP contribution in [0.25, 0.3) is 0 Å². The number of rotatable bonds is 1. The third kappa shape index (κ3) is 7.89. The second kappa shape index (κ2) is 7.00. The molecule has 0 aromatic heterocycles. The first-order valence-electron chi connectivity index (χ1n) is 3.09. The summed E-state index contributed by atoms with van der Waals surface area (Å²) in [4.78, 5) is 9.92. The maximum absolute atomic E-state index is 9.92. The normalized spacial score (nSPS) is 6.75. The van der Waals surface area contributed by atoms with Crippen molar-refractivity contribution in [1.82, 2.24) is 0 Å². The van der Waals surface area contributed by atoms with Gasteiger partial charge in [0.1, 0.15) is 0 Å². The van der Waals surface area contributed by atoms with E-state index in [1.807, 2.05) is 0 Å². The zero-order valence-corrected chi connectivity index (χ0v) is 6.51. The summed E-state index contributed by atoms with van der Waals surface area (Å²) in [6, 6.07) is 0. The molecule has 58 valence electrons. The van der Waals surface area contributed by atoms with Crippen LogP contribution >= 0.6 is 0 Å². The summed E-state index contributed by atoms with van der Waals surface area (Å²) in [5, 5.41) is 8.14. The second-order valence-electron chi connectivity index (χ2n) is 1.57. The van der Waals surface area contributed by atoms with Crippen LogP contribution in [0.1, 0.15) is 6.92 Å². The van der Waals surface area contributed by atoms with Crippen molar-refractivity contribution in [2.24, 2.45) is 0 Å². The van der Waals surface area contributed by atoms with E-state index in [-0.39, 0.29) is 0 Å². The van der Waals surface area contributed by atoms with E-state index < -0.39 is 5.97 Å². The van der Waals surface area contributed by atoms with Gasteiger partial charge in [0.15, 0.2) is 0 Å². The first-order chi connectivity index (χ1) is 5.77. The number of carbonyl (C=O) groups is 1.